The van der Waals surface area contributed by atoms with E-state index >= 15 is 0 Å². The molecular formula is C23H30N4O2. The normalized spacial score (nSPS) is 13.2. The summed E-state index contributed by atoms with van der Waals surface area (Å²) >= 11 is 0. The first-order valence-electron chi connectivity index (χ1n) is 10.1. The number of guanidine groups is 1. The Morgan fingerprint density at radius 3 is 2.41 bits per heavy atom. The summed E-state index contributed by atoms with van der Waals surface area (Å²) in [5.74, 6) is 1.89. The molecule has 0 radical (unpaired) electrons. The number of hydrogen-bond acceptors (Lipinski definition) is 3. The van der Waals surface area contributed by atoms with Gasteiger partial charge in [-0.15, -0.1) is 0 Å². The molecule has 2 aromatic carbocycles. The van der Waals surface area contributed by atoms with E-state index < -0.39 is 0 Å². The van der Waals surface area contributed by atoms with Crippen LogP contribution in [-0.4, -0.2) is 55.5 Å². The van der Waals surface area contributed by atoms with Gasteiger partial charge in [-0.3, -0.25) is 9.79 Å². The SMILES string of the molecule is CN=C(NCCCC(=O)N1Cc2ccccc2C1)N(C)CCOc1ccccc1. The molecule has 0 aliphatic carbocycles. The third-order valence-corrected chi connectivity index (χ3v) is 5.06. The van der Waals surface area contributed by atoms with Gasteiger partial charge < -0.3 is 19.9 Å². The van der Waals surface area contributed by atoms with Crippen LogP contribution >= 0.6 is 0 Å². The summed E-state index contributed by atoms with van der Waals surface area (Å²) in [6.45, 7) is 3.47. The molecule has 0 atom stereocenters. The monoisotopic (exact) mass is 394 g/mol. The third kappa shape index (κ3) is 5.98. The van der Waals surface area contributed by atoms with Crippen molar-refractivity contribution >= 4 is 11.9 Å². The van der Waals surface area contributed by atoms with Crippen LogP contribution in [0.3, 0.4) is 0 Å². The van der Waals surface area contributed by atoms with Crippen molar-refractivity contribution in [1.29, 1.82) is 0 Å². The summed E-state index contributed by atoms with van der Waals surface area (Å²) in [5, 5.41) is 3.33. The maximum absolute atomic E-state index is 12.5. The molecule has 6 nitrogen and oxygen atoms in total. The van der Waals surface area contributed by atoms with E-state index in [0.29, 0.717) is 19.6 Å². The molecule has 1 aliphatic heterocycles. The number of likely N-dealkylation sites (N-methyl/N-ethyl adjacent to an activating group) is 1. The highest BCUT2D eigenvalue weighted by Crippen LogP contribution is 2.22. The van der Waals surface area contributed by atoms with Crippen LogP contribution in [0.5, 0.6) is 5.75 Å². The van der Waals surface area contributed by atoms with Crippen LogP contribution in [0.4, 0.5) is 0 Å². The second kappa shape index (κ2) is 10.5. The van der Waals surface area contributed by atoms with Gasteiger partial charge in [-0.1, -0.05) is 42.5 Å². The predicted octanol–water partition coefficient (Wildman–Crippen LogP) is 2.90. The number of nitrogens with zero attached hydrogens (tertiary/aromatic N) is 3. The van der Waals surface area contributed by atoms with E-state index in [2.05, 4.69) is 22.4 Å². The Hall–Kier alpha value is -3.02. The number of aliphatic imine (C=N–C) groups is 1. The van der Waals surface area contributed by atoms with Gasteiger partial charge in [0.25, 0.3) is 0 Å². The fraction of sp³-hybridized carbons (Fsp3) is 0.391. The van der Waals surface area contributed by atoms with Crippen LogP contribution < -0.4 is 10.1 Å². The summed E-state index contributed by atoms with van der Waals surface area (Å²) in [6, 6.07) is 18.1. The van der Waals surface area contributed by atoms with Gasteiger partial charge in [0.15, 0.2) is 5.96 Å². The topological polar surface area (TPSA) is 57.2 Å². The quantitative estimate of drug-likeness (QED) is 0.425. The van der Waals surface area contributed by atoms with Crippen LogP contribution in [0, 0.1) is 0 Å². The Labute approximate surface area is 173 Å². The molecule has 0 unspecified atom stereocenters. The zero-order valence-electron chi connectivity index (χ0n) is 17.3. The lowest BCUT2D eigenvalue weighted by Crippen LogP contribution is -2.41. The number of benzene rings is 2. The fourth-order valence-corrected chi connectivity index (χ4v) is 3.42. The van der Waals surface area contributed by atoms with Gasteiger partial charge in [-0.25, -0.2) is 0 Å². The van der Waals surface area contributed by atoms with Gasteiger partial charge in [0, 0.05) is 40.2 Å². The molecule has 1 N–H and O–H groups in total. The van der Waals surface area contributed by atoms with Crippen molar-refractivity contribution in [1.82, 2.24) is 15.1 Å². The molecule has 0 aromatic heterocycles. The number of ether oxygens (including phenoxy) is 1. The number of carbonyl (C=O) groups excluding carboxylic acids is 1. The summed E-state index contributed by atoms with van der Waals surface area (Å²) in [4.78, 5) is 20.8. The van der Waals surface area contributed by atoms with E-state index in [1.54, 1.807) is 7.05 Å². The number of rotatable bonds is 8. The first-order chi connectivity index (χ1) is 14.2. The molecule has 0 saturated carbocycles. The number of nitrogens with one attached hydrogen (secondary N) is 1. The number of para-hydroxylation sites is 1. The number of carbonyl (C=O) groups is 1. The van der Waals surface area contributed by atoms with Crippen LogP contribution in [0.1, 0.15) is 24.0 Å². The number of amides is 1. The average molecular weight is 395 g/mol. The zero-order valence-corrected chi connectivity index (χ0v) is 17.3. The highest BCUT2D eigenvalue weighted by atomic mass is 16.5. The van der Waals surface area contributed by atoms with E-state index in [1.807, 2.05) is 59.3 Å². The molecule has 0 spiro atoms. The number of fused-ring (bicyclic) bond motifs is 1. The van der Waals surface area contributed by atoms with Crippen molar-refractivity contribution in [2.75, 3.05) is 33.8 Å². The predicted molar refractivity (Wildman–Crippen MR) is 116 cm³/mol. The minimum Gasteiger partial charge on any atom is -0.492 e. The zero-order chi connectivity index (χ0) is 20.5. The van der Waals surface area contributed by atoms with Crippen molar-refractivity contribution in [3.63, 3.8) is 0 Å². The minimum atomic E-state index is 0.211. The van der Waals surface area contributed by atoms with Crippen molar-refractivity contribution in [3.05, 3.63) is 65.7 Å². The Morgan fingerprint density at radius 2 is 1.76 bits per heavy atom. The van der Waals surface area contributed by atoms with Crippen LogP contribution in [0.15, 0.2) is 59.6 Å². The maximum atomic E-state index is 12.5. The van der Waals surface area contributed by atoms with Crippen molar-refractivity contribution in [2.45, 2.75) is 25.9 Å². The van der Waals surface area contributed by atoms with E-state index in [1.165, 1.54) is 11.1 Å². The lowest BCUT2D eigenvalue weighted by atomic mass is 10.1. The molecule has 0 saturated heterocycles. The second-order valence-electron chi connectivity index (χ2n) is 7.18. The molecule has 29 heavy (non-hydrogen) atoms. The van der Waals surface area contributed by atoms with Gasteiger partial charge in [0.2, 0.25) is 5.91 Å². The summed E-state index contributed by atoms with van der Waals surface area (Å²) in [5.41, 5.74) is 2.53. The van der Waals surface area contributed by atoms with Gasteiger partial charge in [-0.2, -0.15) is 0 Å². The molecular weight excluding hydrogens is 364 g/mol. The maximum Gasteiger partial charge on any atom is 0.223 e. The Bertz CT molecular complexity index is 798. The largest absolute Gasteiger partial charge is 0.492 e. The summed E-state index contributed by atoms with van der Waals surface area (Å²) < 4.78 is 5.74. The van der Waals surface area contributed by atoms with E-state index in [0.717, 1.165) is 37.8 Å². The van der Waals surface area contributed by atoms with E-state index in [4.69, 9.17) is 4.74 Å². The van der Waals surface area contributed by atoms with E-state index in [-0.39, 0.29) is 5.91 Å². The van der Waals surface area contributed by atoms with Crippen LogP contribution in [0.2, 0.25) is 0 Å². The van der Waals surface area contributed by atoms with Gasteiger partial charge in [-0.05, 0) is 29.7 Å². The molecule has 2 aromatic rings. The molecule has 154 valence electrons. The third-order valence-electron chi connectivity index (χ3n) is 5.06. The summed E-state index contributed by atoms with van der Waals surface area (Å²) in [7, 11) is 3.75. The van der Waals surface area contributed by atoms with Gasteiger partial charge in [0.05, 0.1) is 6.54 Å². The minimum absolute atomic E-state index is 0.211. The molecule has 0 fully saturated rings. The van der Waals surface area contributed by atoms with Crippen LogP contribution in [0.25, 0.3) is 0 Å². The van der Waals surface area contributed by atoms with Crippen molar-refractivity contribution in [2.24, 2.45) is 4.99 Å². The average Bonchev–Trinajstić information content (AvgIpc) is 3.19. The van der Waals surface area contributed by atoms with Crippen LogP contribution in [-0.2, 0) is 17.9 Å². The molecule has 1 aliphatic rings. The molecule has 1 heterocycles. The highest BCUT2D eigenvalue weighted by molar-refractivity contribution is 5.80. The Balaban J connectivity index is 1.33. The lowest BCUT2D eigenvalue weighted by Gasteiger charge is -2.22. The van der Waals surface area contributed by atoms with Crippen molar-refractivity contribution < 1.29 is 9.53 Å². The smallest absolute Gasteiger partial charge is 0.223 e. The van der Waals surface area contributed by atoms with Gasteiger partial charge >= 0.3 is 0 Å². The highest BCUT2D eigenvalue weighted by Gasteiger charge is 2.22. The molecule has 6 heteroatoms. The first-order valence-corrected chi connectivity index (χ1v) is 10.1. The first kappa shape index (κ1) is 20.7. The Morgan fingerprint density at radius 1 is 1.10 bits per heavy atom. The standard InChI is InChI=1S/C23H30N4O2/c1-24-23(26(2)15-16-29-21-11-4-3-5-12-21)25-14-8-13-22(28)27-17-19-9-6-7-10-20(19)18-27/h3-7,9-12H,8,13-18H2,1-2H3,(H,24,25). The molecule has 3 rings (SSSR count). The van der Waals surface area contributed by atoms with E-state index in [9.17, 15) is 4.79 Å². The second-order valence-corrected chi connectivity index (χ2v) is 7.18. The summed E-state index contributed by atoms with van der Waals surface area (Å²) in [6.07, 6.45) is 1.32. The Kier molecular flexibility index (Phi) is 7.50. The number of hydrogen-bond donors (Lipinski definition) is 1. The van der Waals surface area contributed by atoms with Crippen molar-refractivity contribution in [3.8, 4) is 5.75 Å². The molecule has 0 bridgehead atoms. The molecule has 1 amide bonds. The van der Waals surface area contributed by atoms with Gasteiger partial charge in [0.1, 0.15) is 12.4 Å². The lowest BCUT2D eigenvalue weighted by molar-refractivity contribution is -0.131. The fourth-order valence-electron chi connectivity index (χ4n) is 3.42.